The first-order valence-electron chi connectivity index (χ1n) is 10.7. The van der Waals surface area contributed by atoms with Crippen LogP contribution in [0.4, 0.5) is 10.3 Å². The van der Waals surface area contributed by atoms with Crippen LogP contribution in [-0.4, -0.2) is 52.4 Å². The normalized spacial score (nSPS) is 16.4. The zero-order chi connectivity index (χ0) is 22.9. The number of hydrogen-bond donors (Lipinski definition) is 0. The van der Waals surface area contributed by atoms with Crippen molar-refractivity contribution in [3.05, 3.63) is 89.0 Å². The third-order valence-electron chi connectivity index (χ3n) is 5.87. The molecule has 0 N–H and O–H groups in total. The van der Waals surface area contributed by atoms with Gasteiger partial charge in [-0.05, 0) is 42.8 Å². The molecule has 166 valence electrons. The number of cyclic esters (lactones) is 1. The number of halogens is 1. The van der Waals surface area contributed by atoms with Crippen LogP contribution in [0.15, 0.2) is 60.9 Å². The van der Waals surface area contributed by atoms with Gasteiger partial charge in [0.1, 0.15) is 11.6 Å². The number of likely N-dealkylation sites (tertiary alicyclic amines) is 1. The molecule has 3 aromatic rings. The molecule has 0 unspecified atom stereocenters. The van der Waals surface area contributed by atoms with Gasteiger partial charge in [-0.15, -0.1) is 0 Å². The van der Waals surface area contributed by atoms with Crippen molar-refractivity contribution in [1.82, 2.24) is 14.9 Å². The minimum atomic E-state index is -0.590. The monoisotopic (exact) mass is 444 g/mol. The van der Waals surface area contributed by atoms with Gasteiger partial charge in [0.2, 0.25) is 5.95 Å². The molecule has 33 heavy (non-hydrogen) atoms. The molecule has 2 aromatic carbocycles. The maximum atomic E-state index is 14.6. The first kappa shape index (κ1) is 20.8. The molecule has 0 saturated carbocycles. The molecule has 2 aliphatic rings. The van der Waals surface area contributed by atoms with Crippen molar-refractivity contribution in [2.75, 3.05) is 24.5 Å². The molecular weight excluding hydrogens is 423 g/mol. The van der Waals surface area contributed by atoms with Crippen molar-refractivity contribution in [3.63, 3.8) is 0 Å². The van der Waals surface area contributed by atoms with Crippen LogP contribution >= 0.6 is 0 Å². The maximum absolute atomic E-state index is 14.6. The Hall–Kier alpha value is -4.07. The molecule has 8 heteroatoms. The lowest BCUT2D eigenvalue weighted by Crippen LogP contribution is -2.61. The summed E-state index contributed by atoms with van der Waals surface area (Å²) in [7, 11) is 0. The first-order valence-corrected chi connectivity index (χ1v) is 10.7. The lowest BCUT2D eigenvalue weighted by atomic mass is 10.0. The van der Waals surface area contributed by atoms with E-state index in [2.05, 4.69) is 9.97 Å². The summed E-state index contributed by atoms with van der Waals surface area (Å²) in [6, 6.07) is 13.2. The number of nitrogens with zero attached hydrogens (tertiary/aromatic N) is 4. The summed E-state index contributed by atoms with van der Waals surface area (Å²) < 4.78 is 19.9. The number of carbonyl (C=O) groups is 2. The smallest absolute Gasteiger partial charge is 0.344 e. The summed E-state index contributed by atoms with van der Waals surface area (Å²) in [4.78, 5) is 37.3. The van der Waals surface area contributed by atoms with Crippen molar-refractivity contribution in [2.24, 2.45) is 0 Å². The fourth-order valence-corrected chi connectivity index (χ4v) is 4.13. The predicted octanol–water partition coefficient (Wildman–Crippen LogP) is 3.64. The topological polar surface area (TPSA) is 75.6 Å². The van der Waals surface area contributed by atoms with E-state index in [1.807, 2.05) is 17.9 Å². The molecular formula is C25H21FN4O3. The van der Waals surface area contributed by atoms with Crippen molar-refractivity contribution >= 4 is 29.7 Å². The molecule has 1 fully saturated rings. The summed E-state index contributed by atoms with van der Waals surface area (Å²) in [5, 5.41) is 0. The molecule has 7 nitrogen and oxygen atoms in total. The van der Waals surface area contributed by atoms with Crippen LogP contribution in [0.2, 0.25) is 0 Å². The van der Waals surface area contributed by atoms with E-state index >= 15 is 0 Å². The van der Waals surface area contributed by atoms with Crippen molar-refractivity contribution < 1.29 is 18.7 Å². The lowest BCUT2D eigenvalue weighted by Gasteiger charge is -2.45. The number of benzene rings is 2. The second kappa shape index (κ2) is 8.46. The van der Waals surface area contributed by atoms with Crippen LogP contribution in [0.1, 0.15) is 38.8 Å². The second-order valence-electron chi connectivity index (χ2n) is 7.88. The van der Waals surface area contributed by atoms with Gasteiger partial charge >= 0.3 is 5.97 Å². The van der Waals surface area contributed by atoms with Gasteiger partial charge in [-0.3, -0.25) is 4.79 Å². The number of rotatable bonds is 5. The molecule has 0 atom stereocenters. The highest BCUT2D eigenvalue weighted by Gasteiger charge is 2.36. The molecule has 1 amide bonds. The zero-order valence-electron chi connectivity index (χ0n) is 17.9. The minimum Gasteiger partial charge on any atom is -0.422 e. The standard InChI is InChI=1S/C25H21FN4O3/c1-2-30(25-27-10-5-11-28-25)17-14-29(15-17)23(31)20-12-16(8-9-21(20)26)13-22-18-6-3-4-7-19(18)24(32)33-22/h3-13,17H,2,14-15H2,1H3/b22-13-. The summed E-state index contributed by atoms with van der Waals surface area (Å²) in [5.74, 6) is -0.398. The van der Waals surface area contributed by atoms with Crippen molar-refractivity contribution in [1.29, 1.82) is 0 Å². The van der Waals surface area contributed by atoms with E-state index in [9.17, 15) is 14.0 Å². The minimum absolute atomic E-state index is 0.0144. The van der Waals surface area contributed by atoms with Gasteiger partial charge in [-0.2, -0.15) is 0 Å². The molecule has 0 spiro atoms. The quantitative estimate of drug-likeness (QED) is 0.560. The molecule has 0 radical (unpaired) electrons. The average molecular weight is 444 g/mol. The van der Waals surface area contributed by atoms with Gasteiger partial charge in [0.05, 0.1) is 17.2 Å². The number of carbonyl (C=O) groups excluding carboxylic acids is 2. The number of aromatic nitrogens is 2. The average Bonchev–Trinajstić information content (AvgIpc) is 3.12. The van der Waals surface area contributed by atoms with Crippen LogP contribution in [0.25, 0.3) is 11.8 Å². The summed E-state index contributed by atoms with van der Waals surface area (Å²) in [6.45, 7) is 3.63. The molecule has 0 bridgehead atoms. The number of fused-ring (bicyclic) bond motifs is 1. The molecule has 1 saturated heterocycles. The number of amides is 1. The van der Waals surface area contributed by atoms with Crippen LogP contribution in [0.5, 0.6) is 0 Å². The zero-order valence-corrected chi connectivity index (χ0v) is 17.9. The predicted molar refractivity (Wildman–Crippen MR) is 121 cm³/mol. The largest absolute Gasteiger partial charge is 0.422 e. The van der Waals surface area contributed by atoms with Gasteiger partial charge in [0, 0.05) is 37.6 Å². The number of esters is 1. The van der Waals surface area contributed by atoms with E-state index in [-0.39, 0.29) is 17.5 Å². The number of hydrogen-bond acceptors (Lipinski definition) is 6. The Labute approximate surface area is 190 Å². The van der Waals surface area contributed by atoms with Crippen molar-refractivity contribution in [2.45, 2.75) is 13.0 Å². The van der Waals surface area contributed by atoms with Crippen molar-refractivity contribution in [3.8, 4) is 0 Å². The highest BCUT2D eigenvalue weighted by molar-refractivity contribution is 6.06. The lowest BCUT2D eigenvalue weighted by molar-refractivity contribution is 0.0593. The van der Waals surface area contributed by atoms with E-state index < -0.39 is 11.8 Å². The van der Waals surface area contributed by atoms with Crippen LogP contribution in [-0.2, 0) is 4.74 Å². The van der Waals surface area contributed by atoms with E-state index in [1.165, 1.54) is 12.1 Å². The summed E-state index contributed by atoms with van der Waals surface area (Å²) in [5.41, 5.74) is 1.72. The van der Waals surface area contributed by atoms with Crippen LogP contribution in [0, 0.1) is 5.82 Å². The summed E-state index contributed by atoms with van der Waals surface area (Å²) in [6.07, 6.45) is 5.01. The Kier molecular flexibility index (Phi) is 5.34. The number of likely N-dealkylation sites (N-methyl/N-ethyl adjacent to an activating group) is 1. The number of ether oxygens (including phenoxy) is 1. The van der Waals surface area contributed by atoms with Crippen LogP contribution in [0.3, 0.4) is 0 Å². The van der Waals surface area contributed by atoms with E-state index in [0.717, 1.165) is 0 Å². The molecule has 1 aromatic heterocycles. The fourth-order valence-electron chi connectivity index (χ4n) is 4.13. The summed E-state index contributed by atoms with van der Waals surface area (Å²) >= 11 is 0. The number of anilines is 1. The molecule has 2 aliphatic heterocycles. The Bertz CT molecular complexity index is 1260. The van der Waals surface area contributed by atoms with E-state index in [4.69, 9.17) is 4.74 Å². The van der Waals surface area contributed by atoms with Gasteiger partial charge in [-0.25, -0.2) is 19.2 Å². The fraction of sp³-hybridized carbons (Fsp3) is 0.200. The van der Waals surface area contributed by atoms with Crippen LogP contribution < -0.4 is 4.90 Å². The first-order chi connectivity index (χ1) is 16.0. The van der Waals surface area contributed by atoms with Gasteiger partial charge in [-0.1, -0.05) is 24.3 Å². The Morgan fingerprint density at radius 2 is 1.88 bits per heavy atom. The Morgan fingerprint density at radius 3 is 2.61 bits per heavy atom. The van der Waals surface area contributed by atoms with Gasteiger partial charge in [0.15, 0.2) is 0 Å². The maximum Gasteiger partial charge on any atom is 0.344 e. The second-order valence-corrected chi connectivity index (χ2v) is 7.88. The third-order valence-corrected chi connectivity index (χ3v) is 5.87. The third kappa shape index (κ3) is 3.84. The molecule has 0 aliphatic carbocycles. The highest BCUT2D eigenvalue weighted by atomic mass is 19.1. The SMILES string of the molecule is CCN(c1ncccn1)C1CN(C(=O)c2cc(/C=C3\OC(=O)c4ccccc43)ccc2F)C1. The van der Waals surface area contributed by atoms with Gasteiger partial charge in [0.25, 0.3) is 5.91 Å². The molecule has 3 heterocycles. The van der Waals surface area contributed by atoms with Gasteiger partial charge < -0.3 is 14.5 Å². The highest BCUT2D eigenvalue weighted by Crippen LogP contribution is 2.31. The van der Waals surface area contributed by atoms with E-state index in [1.54, 1.807) is 53.7 Å². The molecule has 5 rings (SSSR count). The Morgan fingerprint density at radius 1 is 1.15 bits per heavy atom. The van der Waals surface area contributed by atoms with E-state index in [0.29, 0.717) is 48.0 Å². The Balaban J connectivity index is 1.33.